The van der Waals surface area contributed by atoms with Crippen molar-refractivity contribution in [2.24, 2.45) is 7.05 Å². The van der Waals surface area contributed by atoms with E-state index in [0.29, 0.717) is 6.07 Å². The Bertz CT molecular complexity index is 672. The van der Waals surface area contributed by atoms with E-state index in [1.54, 1.807) is 14.0 Å². The average Bonchev–Trinajstić information content (AvgIpc) is 2.66. The van der Waals surface area contributed by atoms with Crippen LogP contribution in [0.1, 0.15) is 21.6 Å². The Labute approximate surface area is 117 Å². The standard InChI is InChI=1S/C13H11F4N3O/c1-7-6-10(19-20(7)2)18-12(21)8-4-3-5-9(11(8)14)13(15,16)17/h3-6H,1-2H3,(H,18,19,21). The first-order valence-corrected chi connectivity index (χ1v) is 5.88. The van der Waals surface area contributed by atoms with Crippen molar-refractivity contribution in [2.75, 3.05) is 5.32 Å². The molecule has 0 atom stereocenters. The summed E-state index contributed by atoms with van der Waals surface area (Å²) >= 11 is 0. The molecule has 112 valence electrons. The number of halogens is 4. The third kappa shape index (κ3) is 3.04. The number of aryl methyl sites for hydroxylation is 2. The van der Waals surface area contributed by atoms with E-state index >= 15 is 0 Å². The molecule has 4 nitrogen and oxygen atoms in total. The van der Waals surface area contributed by atoms with Crippen LogP contribution in [0.25, 0.3) is 0 Å². The highest BCUT2D eigenvalue weighted by atomic mass is 19.4. The number of rotatable bonds is 2. The second kappa shape index (κ2) is 5.19. The number of nitrogens with zero attached hydrogens (tertiary/aromatic N) is 2. The Hall–Kier alpha value is -2.38. The fourth-order valence-electron chi connectivity index (χ4n) is 1.73. The molecule has 1 N–H and O–H groups in total. The first kappa shape index (κ1) is 15.0. The van der Waals surface area contributed by atoms with Crippen LogP contribution < -0.4 is 5.32 Å². The number of anilines is 1. The lowest BCUT2D eigenvalue weighted by Gasteiger charge is -2.10. The predicted octanol–water partition coefficient (Wildman–Crippen LogP) is 3.14. The number of alkyl halides is 3. The minimum atomic E-state index is -4.86. The molecule has 0 radical (unpaired) electrons. The summed E-state index contributed by atoms with van der Waals surface area (Å²) in [6.07, 6.45) is -4.86. The minimum Gasteiger partial charge on any atom is -0.305 e. The summed E-state index contributed by atoms with van der Waals surface area (Å²) in [5.74, 6) is -2.45. The zero-order chi connectivity index (χ0) is 15.8. The van der Waals surface area contributed by atoms with Gasteiger partial charge in [0, 0.05) is 18.8 Å². The van der Waals surface area contributed by atoms with Gasteiger partial charge in [0.1, 0.15) is 5.82 Å². The molecular formula is C13H11F4N3O. The fourth-order valence-corrected chi connectivity index (χ4v) is 1.73. The average molecular weight is 301 g/mol. The lowest BCUT2D eigenvalue weighted by molar-refractivity contribution is -0.140. The van der Waals surface area contributed by atoms with Crippen LogP contribution in [0.5, 0.6) is 0 Å². The molecule has 2 rings (SSSR count). The van der Waals surface area contributed by atoms with E-state index in [9.17, 15) is 22.4 Å². The van der Waals surface area contributed by atoms with Gasteiger partial charge in [-0.2, -0.15) is 18.3 Å². The molecule has 1 amide bonds. The Balaban J connectivity index is 2.32. The first-order valence-electron chi connectivity index (χ1n) is 5.88. The van der Waals surface area contributed by atoms with Gasteiger partial charge in [-0.1, -0.05) is 6.07 Å². The van der Waals surface area contributed by atoms with Crippen LogP contribution in [0.15, 0.2) is 24.3 Å². The van der Waals surface area contributed by atoms with Gasteiger partial charge in [-0.25, -0.2) is 4.39 Å². The summed E-state index contributed by atoms with van der Waals surface area (Å²) in [5, 5.41) is 6.18. The summed E-state index contributed by atoms with van der Waals surface area (Å²) in [7, 11) is 1.63. The van der Waals surface area contributed by atoms with Crippen molar-refractivity contribution < 1.29 is 22.4 Å². The molecule has 0 saturated carbocycles. The van der Waals surface area contributed by atoms with Gasteiger partial charge in [0.05, 0.1) is 11.1 Å². The van der Waals surface area contributed by atoms with Crippen molar-refractivity contribution in [3.63, 3.8) is 0 Å². The lowest BCUT2D eigenvalue weighted by Crippen LogP contribution is -2.17. The number of aromatic nitrogens is 2. The number of hydrogen-bond acceptors (Lipinski definition) is 2. The molecule has 0 fully saturated rings. The van der Waals surface area contributed by atoms with Crippen molar-refractivity contribution in [3.8, 4) is 0 Å². The van der Waals surface area contributed by atoms with Crippen LogP contribution in [-0.4, -0.2) is 15.7 Å². The molecule has 0 aliphatic rings. The highest BCUT2D eigenvalue weighted by Crippen LogP contribution is 2.32. The fraction of sp³-hybridized carbons (Fsp3) is 0.231. The Morgan fingerprint density at radius 2 is 2.00 bits per heavy atom. The van der Waals surface area contributed by atoms with Crippen LogP contribution in [-0.2, 0) is 13.2 Å². The van der Waals surface area contributed by atoms with E-state index in [-0.39, 0.29) is 5.82 Å². The van der Waals surface area contributed by atoms with Crippen LogP contribution in [0.3, 0.4) is 0 Å². The Morgan fingerprint density at radius 1 is 1.33 bits per heavy atom. The molecule has 1 heterocycles. The second-order valence-electron chi connectivity index (χ2n) is 4.41. The smallest absolute Gasteiger partial charge is 0.305 e. The molecule has 21 heavy (non-hydrogen) atoms. The third-order valence-corrected chi connectivity index (χ3v) is 2.90. The number of carbonyl (C=O) groups excluding carboxylic acids is 1. The number of hydrogen-bond donors (Lipinski definition) is 1. The van der Waals surface area contributed by atoms with Gasteiger partial charge in [-0.3, -0.25) is 9.48 Å². The normalized spacial score (nSPS) is 11.5. The molecule has 2 aromatic rings. The molecule has 1 aromatic carbocycles. The minimum absolute atomic E-state index is 0.136. The van der Waals surface area contributed by atoms with E-state index in [1.807, 2.05) is 0 Å². The molecule has 0 bridgehead atoms. The van der Waals surface area contributed by atoms with Crippen LogP contribution >= 0.6 is 0 Å². The Morgan fingerprint density at radius 3 is 2.52 bits per heavy atom. The van der Waals surface area contributed by atoms with Gasteiger partial charge in [0.25, 0.3) is 5.91 Å². The third-order valence-electron chi connectivity index (χ3n) is 2.90. The topological polar surface area (TPSA) is 46.9 Å². The summed E-state index contributed by atoms with van der Waals surface area (Å²) < 4.78 is 53.0. The highest BCUT2D eigenvalue weighted by Gasteiger charge is 2.35. The van der Waals surface area contributed by atoms with E-state index < -0.39 is 29.0 Å². The summed E-state index contributed by atoms with van der Waals surface area (Å²) in [6.45, 7) is 1.73. The van der Waals surface area contributed by atoms with Crippen LogP contribution in [0.2, 0.25) is 0 Å². The quantitative estimate of drug-likeness (QED) is 0.866. The molecule has 0 aliphatic heterocycles. The van der Waals surface area contributed by atoms with Crippen molar-refractivity contribution in [3.05, 3.63) is 46.9 Å². The lowest BCUT2D eigenvalue weighted by atomic mass is 10.1. The summed E-state index contributed by atoms with van der Waals surface area (Å²) in [5.41, 5.74) is -1.43. The monoisotopic (exact) mass is 301 g/mol. The SMILES string of the molecule is Cc1cc(NC(=O)c2cccc(C(F)(F)F)c2F)nn1C. The van der Waals surface area contributed by atoms with Crippen LogP contribution in [0, 0.1) is 12.7 Å². The molecule has 8 heteroatoms. The molecule has 0 saturated heterocycles. The van der Waals surface area contributed by atoms with E-state index in [2.05, 4.69) is 10.4 Å². The molecule has 0 aliphatic carbocycles. The second-order valence-corrected chi connectivity index (χ2v) is 4.41. The van der Waals surface area contributed by atoms with E-state index in [4.69, 9.17) is 0 Å². The largest absolute Gasteiger partial charge is 0.419 e. The number of nitrogens with one attached hydrogen (secondary N) is 1. The van der Waals surface area contributed by atoms with Crippen molar-refractivity contribution in [1.82, 2.24) is 9.78 Å². The van der Waals surface area contributed by atoms with Gasteiger partial charge in [-0.05, 0) is 19.1 Å². The highest BCUT2D eigenvalue weighted by molar-refractivity contribution is 6.04. The molecular weight excluding hydrogens is 290 g/mol. The number of benzene rings is 1. The number of carbonyl (C=O) groups is 1. The van der Waals surface area contributed by atoms with Gasteiger partial charge >= 0.3 is 6.18 Å². The maximum absolute atomic E-state index is 13.8. The van der Waals surface area contributed by atoms with Gasteiger partial charge < -0.3 is 5.32 Å². The molecule has 0 spiro atoms. The maximum Gasteiger partial charge on any atom is 0.419 e. The van der Waals surface area contributed by atoms with Gasteiger partial charge in [0.15, 0.2) is 5.82 Å². The zero-order valence-electron chi connectivity index (χ0n) is 11.1. The molecule has 0 unspecified atom stereocenters. The first-order chi connectivity index (χ1) is 9.70. The van der Waals surface area contributed by atoms with E-state index in [0.717, 1.165) is 17.8 Å². The summed E-state index contributed by atoms with van der Waals surface area (Å²) in [4.78, 5) is 11.9. The maximum atomic E-state index is 13.8. The van der Waals surface area contributed by atoms with Crippen molar-refractivity contribution in [1.29, 1.82) is 0 Å². The van der Waals surface area contributed by atoms with Crippen molar-refractivity contribution >= 4 is 11.7 Å². The predicted molar refractivity (Wildman–Crippen MR) is 67.3 cm³/mol. The van der Waals surface area contributed by atoms with Gasteiger partial charge in [-0.15, -0.1) is 0 Å². The van der Waals surface area contributed by atoms with Gasteiger partial charge in [0.2, 0.25) is 0 Å². The zero-order valence-corrected chi connectivity index (χ0v) is 11.1. The van der Waals surface area contributed by atoms with Crippen molar-refractivity contribution in [2.45, 2.75) is 13.1 Å². The summed E-state index contributed by atoms with van der Waals surface area (Å²) in [6, 6.07) is 4.06. The molecule has 1 aromatic heterocycles. The Kier molecular flexibility index (Phi) is 3.71. The number of amides is 1. The van der Waals surface area contributed by atoms with E-state index in [1.165, 1.54) is 10.7 Å². The van der Waals surface area contributed by atoms with Crippen LogP contribution in [0.4, 0.5) is 23.4 Å².